The second kappa shape index (κ2) is 17.5. The Morgan fingerprint density at radius 3 is 1.94 bits per heavy atom. The second-order valence-corrected chi connectivity index (χ2v) is 8.35. The Labute approximate surface area is 205 Å². The van der Waals surface area contributed by atoms with Crippen molar-refractivity contribution in [2.24, 2.45) is 33.8 Å². The average molecular weight is 503 g/mol. The van der Waals surface area contributed by atoms with Crippen molar-refractivity contribution in [3.05, 3.63) is 0 Å². The molecule has 0 fully saturated rings. The molecule has 5 atom stereocenters. The van der Waals surface area contributed by atoms with Crippen LogP contribution in [0.4, 0.5) is 0 Å². The number of guanidine groups is 1. The van der Waals surface area contributed by atoms with Crippen molar-refractivity contribution in [3.8, 4) is 0 Å². The van der Waals surface area contributed by atoms with Crippen molar-refractivity contribution in [1.82, 2.24) is 16.0 Å². The molecule has 14 nitrogen and oxygen atoms in total. The molecule has 0 spiro atoms. The lowest BCUT2D eigenvalue weighted by Crippen LogP contribution is -2.58. The number of aliphatic hydroxyl groups excluding tert-OH is 1. The van der Waals surface area contributed by atoms with Gasteiger partial charge in [-0.3, -0.25) is 19.4 Å². The maximum absolute atomic E-state index is 12.9. The lowest BCUT2D eigenvalue weighted by Gasteiger charge is -2.25. The van der Waals surface area contributed by atoms with Gasteiger partial charge in [-0.05, 0) is 44.6 Å². The minimum atomic E-state index is -1.43. The average Bonchev–Trinajstić information content (AvgIpc) is 2.81. The third kappa shape index (κ3) is 12.9. The largest absolute Gasteiger partial charge is 0.480 e. The number of unbranched alkanes of at least 4 members (excludes halogenated alkanes) is 1. The van der Waals surface area contributed by atoms with E-state index in [-0.39, 0.29) is 37.7 Å². The van der Waals surface area contributed by atoms with Gasteiger partial charge in [0.25, 0.3) is 0 Å². The molecule has 0 rings (SSSR count). The molecule has 0 aromatic rings. The van der Waals surface area contributed by atoms with Gasteiger partial charge in [-0.1, -0.05) is 20.3 Å². The third-order valence-electron chi connectivity index (χ3n) is 5.52. The maximum atomic E-state index is 12.9. The Morgan fingerprint density at radius 1 is 0.886 bits per heavy atom. The summed E-state index contributed by atoms with van der Waals surface area (Å²) in [7, 11) is 0. The van der Waals surface area contributed by atoms with E-state index >= 15 is 0 Å². The van der Waals surface area contributed by atoms with Crippen LogP contribution in [0.1, 0.15) is 52.4 Å². The number of aliphatic imine (C=N–C) groups is 1. The van der Waals surface area contributed by atoms with Crippen LogP contribution in [0.15, 0.2) is 4.99 Å². The fraction of sp³-hybridized carbons (Fsp3) is 0.762. The maximum Gasteiger partial charge on any atom is 0.326 e. The van der Waals surface area contributed by atoms with Crippen LogP contribution in [0.5, 0.6) is 0 Å². The SMILES string of the molecule is CCC(C)C(N)C(=O)NC(CCCCN)C(=O)NC(CO)C(=O)NC(CCCN=C(N)N)C(=O)O. The van der Waals surface area contributed by atoms with E-state index in [1.807, 2.05) is 13.8 Å². The van der Waals surface area contributed by atoms with Gasteiger partial charge in [0.2, 0.25) is 17.7 Å². The van der Waals surface area contributed by atoms with Crippen LogP contribution in [-0.2, 0) is 19.2 Å². The summed E-state index contributed by atoms with van der Waals surface area (Å²) in [4.78, 5) is 53.2. The number of carboxylic acid groups (broad SMARTS) is 1. The molecular weight excluding hydrogens is 460 g/mol. The molecule has 0 radical (unpaired) electrons. The zero-order chi connectivity index (χ0) is 27.0. The zero-order valence-electron chi connectivity index (χ0n) is 20.5. The normalized spacial score (nSPS) is 15.1. The van der Waals surface area contributed by atoms with Crippen LogP contribution >= 0.6 is 0 Å². The number of aliphatic carboxylic acids is 1. The lowest BCUT2D eigenvalue weighted by molar-refractivity contribution is -0.142. The van der Waals surface area contributed by atoms with E-state index in [1.54, 1.807) is 0 Å². The van der Waals surface area contributed by atoms with Gasteiger partial charge < -0.3 is 49.1 Å². The number of hydrogen-bond donors (Lipinski definition) is 9. The number of nitrogens with two attached hydrogens (primary N) is 4. The lowest BCUT2D eigenvalue weighted by atomic mass is 9.98. The van der Waals surface area contributed by atoms with Gasteiger partial charge in [0.1, 0.15) is 18.1 Å². The Hall–Kier alpha value is -2.97. The molecule has 5 unspecified atom stereocenters. The molecular formula is C21H42N8O6. The Bertz CT molecular complexity index is 716. The number of carbonyl (C=O) groups is 4. The number of nitrogens with one attached hydrogen (secondary N) is 3. The quantitative estimate of drug-likeness (QED) is 0.0523. The Kier molecular flexibility index (Phi) is 16.0. The molecule has 0 bridgehead atoms. The standard InChI is InChI=1S/C21H42N8O6/c1-3-12(2)16(23)19(33)27-13(7-4-5-9-22)17(31)29-15(11-30)18(32)28-14(20(34)35)8-6-10-26-21(24)25/h12-16,30H,3-11,22-23H2,1-2H3,(H,27,33)(H,28,32)(H,29,31)(H,34,35)(H4,24,25,26). The van der Waals surface area contributed by atoms with E-state index < -0.39 is 54.5 Å². The predicted octanol–water partition coefficient (Wildman–Crippen LogP) is -2.93. The topological polar surface area (TPSA) is 261 Å². The fourth-order valence-corrected chi connectivity index (χ4v) is 3.04. The molecule has 35 heavy (non-hydrogen) atoms. The number of aliphatic hydroxyl groups is 1. The number of carboxylic acids is 1. The summed E-state index contributed by atoms with van der Waals surface area (Å²) < 4.78 is 0. The Morgan fingerprint density at radius 2 is 1.43 bits per heavy atom. The van der Waals surface area contributed by atoms with E-state index in [4.69, 9.17) is 22.9 Å². The zero-order valence-corrected chi connectivity index (χ0v) is 20.5. The van der Waals surface area contributed by atoms with E-state index in [1.165, 1.54) is 0 Å². The first-order valence-corrected chi connectivity index (χ1v) is 11.7. The monoisotopic (exact) mass is 502 g/mol. The number of hydrogen-bond acceptors (Lipinski definition) is 8. The molecule has 0 aromatic heterocycles. The first-order chi connectivity index (χ1) is 16.5. The highest BCUT2D eigenvalue weighted by atomic mass is 16.4. The van der Waals surface area contributed by atoms with Gasteiger partial charge in [-0.25, -0.2) is 4.79 Å². The van der Waals surface area contributed by atoms with E-state index in [0.29, 0.717) is 25.8 Å². The highest BCUT2D eigenvalue weighted by Crippen LogP contribution is 2.08. The summed E-state index contributed by atoms with van der Waals surface area (Å²) in [5, 5.41) is 26.3. The number of carbonyl (C=O) groups excluding carboxylic acids is 3. The van der Waals surface area contributed by atoms with Gasteiger partial charge in [-0.15, -0.1) is 0 Å². The van der Waals surface area contributed by atoms with Crippen molar-refractivity contribution < 1.29 is 29.4 Å². The molecule has 0 heterocycles. The molecule has 0 aliphatic rings. The molecule has 0 aliphatic carbocycles. The minimum absolute atomic E-state index is 0.0230. The minimum Gasteiger partial charge on any atom is -0.480 e. The van der Waals surface area contributed by atoms with E-state index in [0.717, 1.165) is 0 Å². The number of amides is 3. The number of nitrogens with zero attached hydrogens (tertiary/aromatic N) is 1. The van der Waals surface area contributed by atoms with Crippen LogP contribution in [0.2, 0.25) is 0 Å². The molecule has 3 amide bonds. The summed E-state index contributed by atoms with van der Waals surface area (Å²) in [5.74, 6) is -3.65. The van der Waals surface area contributed by atoms with E-state index in [9.17, 15) is 29.4 Å². The molecule has 14 heteroatoms. The summed E-state index contributed by atoms with van der Waals surface area (Å²) in [5.41, 5.74) is 21.9. The van der Waals surface area contributed by atoms with Gasteiger partial charge in [0.05, 0.1) is 12.6 Å². The van der Waals surface area contributed by atoms with Crippen LogP contribution in [-0.4, -0.2) is 83.7 Å². The second-order valence-electron chi connectivity index (χ2n) is 8.35. The highest BCUT2D eigenvalue weighted by Gasteiger charge is 2.30. The molecule has 0 aliphatic heterocycles. The molecule has 13 N–H and O–H groups in total. The van der Waals surface area contributed by atoms with E-state index in [2.05, 4.69) is 20.9 Å². The van der Waals surface area contributed by atoms with Crippen molar-refractivity contribution in [3.63, 3.8) is 0 Å². The predicted molar refractivity (Wildman–Crippen MR) is 131 cm³/mol. The summed E-state index contributed by atoms with van der Waals surface area (Å²) in [6.45, 7) is 3.49. The van der Waals surface area contributed by atoms with Gasteiger partial charge in [0, 0.05) is 6.54 Å². The van der Waals surface area contributed by atoms with Crippen molar-refractivity contribution in [2.75, 3.05) is 19.7 Å². The molecule has 0 saturated heterocycles. The fourth-order valence-electron chi connectivity index (χ4n) is 3.04. The molecule has 0 saturated carbocycles. The van der Waals surface area contributed by atoms with Crippen molar-refractivity contribution >= 4 is 29.7 Å². The molecule has 202 valence electrons. The van der Waals surface area contributed by atoms with Crippen LogP contribution in [0.25, 0.3) is 0 Å². The van der Waals surface area contributed by atoms with Crippen LogP contribution in [0, 0.1) is 5.92 Å². The summed E-state index contributed by atoms with van der Waals surface area (Å²) >= 11 is 0. The first kappa shape index (κ1) is 32.0. The van der Waals surface area contributed by atoms with Crippen LogP contribution < -0.4 is 38.9 Å². The summed E-state index contributed by atoms with van der Waals surface area (Å²) in [6.07, 6.45) is 2.35. The first-order valence-electron chi connectivity index (χ1n) is 11.7. The smallest absolute Gasteiger partial charge is 0.326 e. The molecule has 0 aromatic carbocycles. The van der Waals surface area contributed by atoms with Gasteiger partial charge in [-0.2, -0.15) is 0 Å². The van der Waals surface area contributed by atoms with Crippen LogP contribution in [0.3, 0.4) is 0 Å². The van der Waals surface area contributed by atoms with Crippen molar-refractivity contribution in [2.45, 2.75) is 76.5 Å². The van der Waals surface area contributed by atoms with Gasteiger partial charge in [0.15, 0.2) is 5.96 Å². The number of rotatable bonds is 18. The van der Waals surface area contributed by atoms with Gasteiger partial charge >= 0.3 is 5.97 Å². The van der Waals surface area contributed by atoms with Crippen molar-refractivity contribution in [1.29, 1.82) is 0 Å². The summed E-state index contributed by atoms with van der Waals surface area (Å²) in [6, 6.07) is -4.55. The Balaban J connectivity index is 5.24. The highest BCUT2D eigenvalue weighted by molar-refractivity contribution is 5.94. The third-order valence-corrected chi connectivity index (χ3v) is 5.52.